The second-order valence-corrected chi connectivity index (χ2v) is 7.38. The van der Waals surface area contributed by atoms with Crippen LogP contribution in [0.4, 0.5) is 11.4 Å². The van der Waals surface area contributed by atoms with Gasteiger partial charge in [-0.3, -0.25) is 9.59 Å². The molecular formula is C23H25ClN4O2. The van der Waals surface area contributed by atoms with Crippen molar-refractivity contribution in [3.8, 4) is 11.3 Å². The molecule has 1 aromatic heterocycles. The maximum atomic E-state index is 12.6. The molecule has 3 rings (SSSR count). The Labute approximate surface area is 181 Å². The van der Waals surface area contributed by atoms with Crippen LogP contribution >= 0.6 is 11.6 Å². The Morgan fingerprint density at radius 2 is 1.77 bits per heavy atom. The lowest BCUT2D eigenvalue weighted by Crippen LogP contribution is -2.29. The molecule has 0 unspecified atom stereocenters. The zero-order valence-corrected chi connectivity index (χ0v) is 18.1. The van der Waals surface area contributed by atoms with Gasteiger partial charge in [0.15, 0.2) is 0 Å². The number of hydrogen-bond acceptors (Lipinski definition) is 4. The number of anilines is 2. The number of nitrogens with zero attached hydrogens (tertiary/aromatic N) is 3. The molecule has 0 spiro atoms. The molecular weight excluding hydrogens is 400 g/mol. The molecule has 1 amide bonds. The van der Waals surface area contributed by atoms with Crippen molar-refractivity contribution in [1.29, 1.82) is 0 Å². The summed E-state index contributed by atoms with van der Waals surface area (Å²) in [5.74, 6) is -0.309. The number of rotatable bonds is 7. The summed E-state index contributed by atoms with van der Waals surface area (Å²) in [5.41, 5.74) is 3.87. The van der Waals surface area contributed by atoms with Gasteiger partial charge in [0.25, 0.3) is 5.56 Å². The highest BCUT2D eigenvalue weighted by Gasteiger charge is 2.11. The number of carbonyl (C=O) groups is 1. The van der Waals surface area contributed by atoms with E-state index in [4.69, 9.17) is 11.6 Å². The predicted molar refractivity (Wildman–Crippen MR) is 122 cm³/mol. The molecule has 0 fully saturated rings. The SMILES string of the molecule is CCN(CC)c1ccc(NC(=O)Cn2nc(-c3ccc(Cl)cc3)ccc2=O)c(C)c1. The van der Waals surface area contributed by atoms with Crippen LogP contribution in [0.5, 0.6) is 0 Å². The summed E-state index contributed by atoms with van der Waals surface area (Å²) in [6, 6.07) is 16.1. The lowest BCUT2D eigenvalue weighted by atomic mass is 10.1. The fourth-order valence-electron chi connectivity index (χ4n) is 3.24. The molecule has 156 valence electrons. The predicted octanol–water partition coefficient (Wildman–Crippen LogP) is 4.36. The first-order chi connectivity index (χ1) is 14.4. The Hall–Kier alpha value is -3.12. The minimum Gasteiger partial charge on any atom is -0.372 e. The van der Waals surface area contributed by atoms with Crippen LogP contribution in [-0.4, -0.2) is 28.8 Å². The Bertz CT molecular complexity index is 1090. The molecule has 1 heterocycles. The van der Waals surface area contributed by atoms with Crippen LogP contribution in [0, 0.1) is 6.92 Å². The zero-order valence-electron chi connectivity index (χ0n) is 17.4. The normalized spacial score (nSPS) is 10.7. The van der Waals surface area contributed by atoms with E-state index in [0.29, 0.717) is 10.7 Å². The molecule has 0 radical (unpaired) electrons. The van der Waals surface area contributed by atoms with Crippen molar-refractivity contribution >= 4 is 28.9 Å². The molecule has 3 aromatic rings. The average molecular weight is 425 g/mol. The zero-order chi connectivity index (χ0) is 21.7. The number of halogens is 1. The van der Waals surface area contributed by atoms with Crippen molar-refractivity contribution in [2.45, 2.75) is 27.3 Å². The molecule has 30 heavy (non-hydrogen) atoms. The van der Waals surface area contributed by atoms with Crippen LogP contribution in [0.2, 0.25) is 5.02 Å². The number of nitrogens with one attached hydrogen (secondary N) is 1. The standard InChI is InChI=1S/C23H25ClN4O2/c1-4-27(5-2)19-10-11-20(16(3)14-19)25-22(29)15-28-23(30)13-12-21(26-28)17-6-8-18(24)9-7-17/h6-14H,4-5,15H2,1-3H3,(H,25,29). The molecule has 1 N–H and O–H groups in total. The van der Waals surface area contributed by atoms with Crippen LogP contribution in [0.1, 0.15) is 19.4 Å². The van der Waals surface area contributed by atoms with Crippen molar-refractivity contribution in [1.82, 2.24) is 9.78 Å². The van der Waals surface area contributed by atoms with Crippen LogP contribution in [0.15, 0.2) is 59.4 Å². The van der Waals surface area contributed by atoms with Gasteiger partial charge in [0.2, 0.25) is 5.91 Å². The monoisotopic (exact) mass is 424 g/mol. The number of amides is 1. The van der Waals surface area contributed by atoms with Gasteiger partial charge >= 0.3 is 0 Å². The van der Waals surface area contributed by atoms with E-state index < -0.39 is 0 Å². The summed E-state index contributed by atoms with van der Waals surface area (Å²) < 4.78 is 1.17. The number of benzene rings is 2. The van der Waals surface area contributed by atoms with E-state index in [1.165, 1.54) is 10.7 Å². The maximum Gasteiger partial charge on any atom is 0.267 e. The second-order valence-electron chi connectivity index (χ2n) is 6.94. The Morgan fingerprint density at radius 1 is 1.07 bits per heavy atom. The third-order valence-electron chi connectivity index (χ3n) is 4.91. The van der Waals surface area contributed by atoms with Gasteiger partial charge in [-0.05, 0) is 62.7 Å². The van der Waals surface area contributed by atoms with E-state index in [0.717, 1.165) is 35.6 Å². The molecule has 7 heteroatoms. The fourth-order valence-corrected chi connectivity index (χ4v) is 3.36. The van der Waals surface area contributed by atoms with Gasteiger partial charge in [0.05, 0.1) is 5.69 Å². The molecule has 0 saturated carbocycles. The summed E-state index contributed by atoms with van der Waals surface area (Å²) in [6.07, 6.45) is 0. The highest BCUT2D eigenvalue weighted by atomic mass is 35.5. The van der Waals surface area contributed by atoms with Gasteiger partial charge in [-0.25, -0.2) is 4.68 Å². The van der Waals surface area contributed by atoms with Crippen molar-refractivity contribution in [3.05, 3.63) is 75.5 Å². The topological polar surface area (TPSA) is 67.2 Å². The molecule has 2 aromatic carbocycles. The minimum atomic E-state index is -0.337. The molecule has 0 atom stereocenters. The lowest BCUT2D eigenvalue weighted by Gasteiger charge is -2.22. The van der Waals surface area contributed by atoms with E-state index in [1.54, 1.807) is 18.2 Å². The van der Waals surface area contributed by atoms with E-state index in [-0.39, 0.29) is 18.0 Å². The molecule has 0 bridgehead atoms. The van der Waals surface area contributed by atoms with Crippen molar-refractivity contribution in [2.24, 2.45) is 0 Å². The third kappa shape index (κ3) is 5.07. The van der Waals surface area contributed by atoms with Gasteiger partial charge in [0, 0.05) is 41.1 Å². The summed E-state index contributed by atoms with van der Waals surface area (Å²) >= 11 is 5.93. The minimum absolute atomic E-state index is 0.169. The highest BCUT2D eigenvalue weighted by Crippen LogP contribution is 2.23. The van der Waals surface area contributed by atoms with Gasteiger partial charge in [0.1, 0.15) is 6.54 Å². The molecule has 0 aliphatic rings. The van der Waals surface area contributed by atoms with Crippen molar-refractivity contribution < 1.29 is 4.79 Å². The van der Waals surface area contributed by atoms with E-state index in [2.05, 4.69) is 29.2 Å². The summed E-state index contributed by atoms with van der Waals surface area (Å²) in [5, 5.41) is 7.83. The lowest BCUT2D eigenvalue weighted by molar-refractivity contribution is -0.117. The number of aromatic nitrogens is 2. The first kappa shape index (κ1) is 21.6. The summed E-state index contributed by atoms with van der Waals surface area (Å²) in [6.45, 7) is 7.83. The molecule has 0 saturated heterocycles. The first-order valence-corrected chi connectivity index (χ1v) is 10.3. The smallest absolute Gasteiger partial charge is 0.267 e. The largest absolute Gasteiger partial charge is 0.372 e. The number of hydrogen-bond donors (Lipinski definition) is 1. The summed E-state index contributed by atoms with van der Waals surface area (Å²) in [7, 11) is 0. The van der Waals surface area contributed by atoms with E-state index in [1.807, 2.05) is 37.3 Å². The number of aryl methyl sites for hydroxylation is 1. The molecule has 0 aliphatic heterocycles. The number of carbonyl (C=O) groups excluding carboxylic acids is 1. The van der Waals surface area contributed by atoms with E-state index in [9.17, 15) is 9.59 Å². The third-order valence-corrected chi connectivity index (χ3v) is 5.16. The van der Waals surface area contributed by atoms with E-state index >= 15 is 0 Å². The van der Waals surface area contributed by atoms with Gasteiger partial charge in [-0.15, -0.1) is 0 Å². The molecule has 6 nitrogen and oxygen atoms in total. The van der Waals surface area contributed by atoms with Crippen molar-refractivity contribution in [3.63, 3.8) is 0 Å². The Morgan fingerprint density at radius 3 is 2.40 bits per heavy atom. The fraction of sp³-hybridized carbons (Fsp3) is 0.261. The quantitative estimate of drug-likeness (QED) is 0.612. The van der Waals surface area contributed by atoms with Crippen LogP contribution < -0.4 is 15.8 Å². The Balaban J connectivity index is 1.75. The molecule has 0 aliphatic carbocycles. The first-order valence-electron chi connectivity index (χ1n) is 9.90. The Kier molecular flexibility index (Phi) is 6.90. The van der Waals surface area contributed by atoms with Gasteiger partial charge in [-0.1, -0.05) is 23.7 Å². The highest BCUT2D eigenvalue weighted by molar-refractivity contribution is 6.30. The average Bonchev–Trinajstić information content (AvgIpc) is 2.73. The van der Waals surface area contributed by atoms with Crippen LogP contribution in [-0.2, 0) is 11.3 Å². The summed E-state index contributed by atoms with van der Waals surface area (Å²) in [4.78, 5) is 27.0. The second kappa shape index (κ2) is 9.59. The van der Waals surface area contributed by atoms with Crippen LogP contribution in [0.25, 0.3) is 11.3 Å². The van der Waals surface area contributed by atoms with Gasteiger partial charge < -0.3 is 10.2 Å². The van der Waals surface area contributed by atoms with Gasteiger partial charge in [-0.2, -0.15) is 5.10 Å². The van der Waals surface area contributed by atoms with Crippen molar-refractivity contribution in [2.75, 3.05) is 23.3 Å². The van der Waals surface area contributed by atoms with Crippen LogP contribution in [0.3, 0.4) is 0 Å². The maximum absolute atomic E-state index is 12.6.